The minimum Gasteiger partial charge on any atom is -0.378 e. The molecule has 4 heterocycles. The van der Waals surface area contributed by atoms with Crippen molar-refractivity contribution < 1.29 is 9.53 Å². The number of carbonyl (C=O) groups is 1. The number of aromatic nitrogens is 4. The number of carbonyl (C=O) groups excluding carboxylic acids is 1. The molecule has 2 aromatic heterocycles. The Bertz CT molecular complexity index is 791. The Hall–Kier alpha value is -2.32. The highest BCUT2D eigenvalue weighted by Crippen LogP contribution is 2.38. The highest BCUT2D eigenvalue weighted by molar-refractivity contribution is 5.94. The standard InChI is InChI=1S/C18H22N6O2/c25-18(14-3-4-19-17(7-14)23-11-20-21-12-23)22-5-6-24-15(8-22)9-26-10-16(24)13-1-2-13/h3-4,7,11-13,15-16H,1-2,5-6,8-10H2/t15-,16-/m1/s1. The van der Waals surface area contributed by atoms with Gasteiger partial charge in [0.2, 0.25) is 0 Å². The van der Waals surface area contributed by atoms with Gasteiger partial charge in [-0.1, -0.05) is 0 Å². The topological polar surface area (TPSA) is 76.4 Å². The summed E-state index contributed by atoms with van der Waals surface area (Å²) in [4.78, 5) is 21.9. The zero-order chi connectivity index (χ0) is 17.5. The van der Waals surface area contributed by atoms with Gasteiger partial charge in [-0.2, -0.15) is 0 Å². The van der Waals surface area contributed by atoms with E-state index in [1.54, 1.807) is 35.6 Å². The molecule has 26 heavy (non-hydrogen) atoms. The minimum absolute atomic E-state index is 0.0509. The normalized spacial score (nSPS) is 26.5. The highest BCUT2D eigenvalue weighted by Gasteiger charge is 2.43. The summed E-state index contributed by atoms with van der Waals surface area (Å²) >= 11 is 0. The molecule has 5 rings (SSSR count). The van der Waals surface area contributed by atoms with Crippen LogP contribution in [0.5, 0.6) is 0 Å². The first kappa shape index (κ1) is 15.9. The Kier molecular flexibility index (Phi) is 3.94. The van der Waals surface area contributed by atoms with Crippen LogP contribution in [0.15, 0.2) is 31.0 Å². The van der Waals surface area contributed by atoms with Crippen molar-refractivity contribution in [2.24, 2.45) is 5.92 Å². The first-order valence-electron chi connectivity index (χ1n) is 9.23. The zero-order valence-electron chi connectivity index (χ0n) is 14.6. The van der Waals surface area contributed by atoms with Crippen LogP contribution in [0.25, 0.3) is 5.82 Å². The maximum absolute atomic E-state index is 13.0. The fourth-order valence-electron chi connectivity index (χ4n) is 4.14. The van der Waals surface area contributed by atoms with Crippen LogP contribution in [0.4, 0.5) is 0 Å². The van der Waals surface area contributed by atoms with Crippen LogP contribution in [0, 0.1) is 5.92 Å². The molecule has 3 aliphatic rings. The molecule has 2 aromatic rings. The predicted octanol–water partition coefficient (Wildman–Crippen LogP) is 0.597. The number of ether oxygens (including phenoxy) is 1. The number of morpholine rings is 1. The van der Waals surface area contributed by atoms with E-state index in [2.05, 4.69) is 20.1 Å². The maximum atomic E-state index is 13.0. The number of rotatable bonds is 3. The van der Waals surface area contributed by atoms with E-state index in [-0.39, 0.29) is 5.91 Å². The second-order valence-corrected chi connectivity index (χ2v) is 7.36. The maximum Gasteiger partial charge on any atom is 0.254 e. The molecule has 3 fully saturated rings. The van der Waals surface area contributed by atoms with Gasteiger partial charge in [0.15, 0.2) is 0 Å². The SMILES string of the molecule is O=C(c1ccnc(-n2cnnc2)c1)N1CCN2[C@@H](COC[C@@H]2C2CC2)C1. The third kappa shape index (κ3) is 2.89. The van der Waals surface area contributed by atoms with Crippen LogP contribution < -0.4 is 0 Å². The number of hydrogen-bond donors (Lipinski definition) is 0. The summed E-state index contributed by atoms with van der Waals surface area (Å²) in [6.45, 7) is 4.00. The van der Waals surface area contributed by atoms with Crippen molar-refractivity contribution in [2.45, 2.75) is 24.9 Å². The Balaban J connectivity index is 1.31. The number of fused-ring (bicyclic) bond motifs is 1. The lowest BCUT2D eigenvalue weighted by atomic mass is 10.0. The van der Waals surface area contributed by atoms with Crippen LogP contribution in [0.1, 0.15) is 23.2 Å². The number of nitrogens with zero attached hydrogens (tertiary/aromatic N) is 6. The van der Waals surface area contributed by atoms with Crippen LogP contribution >= 0.6 is 0 Å². The van der Waals surface area contributed by atoms with E-state index in [1.807, 2.05) is 4.90 Å². The van der Waals surface area contributed by atoms with Crippen LogP contribution in [-0.4, -0.2) is 80.4 Å². The summed E-state index contributed by atoms with van der Waals surface area (Å²) in [6, 6.07) is 4.42. The molecule has 0 N–H and O–H groups in total. The summed E-state index contributed by atoms with van der Waals surface area (Å²) in [5.74, 6) is 1.50. The van der Waals surface area contributed by atoms with Gasteiger partial charge in [0.1, 0.15) is 18.5 Å². The van der Waals surface area contributed by atoms with Gasteiger partial charge in [-0.05, 0) is 30.9 Å². The Morgan fingerprint density at radius 3 is 2.81 bits per heavy atom. The summed E-state index contributed by atoms with van der Waals surface area (Å²) in [5.41, 5.74) is 0.646. The van der Waals surface area contributed by atoms with Gasteiger partial charge in [0.05, 0.1) is 19.3 Å². The second-order valence-electron chi connectivity index (χ2n) is 7.36. The lowest BCUT2D eigenvalue weighted by Gasteiger charge is -2.48. The van der Waals surface area contributed by atoms with Crippen molar-refractivity contribution in [1.82, 2.24) is 29.5 Å². The Labute approximate surface area is 151 Å². The quantitative estimate of drug-likeness (QED) is 0.803. The fourth-order valence-corrected chi connectivity index (χ4v) is 4.14. The summed E-state index contributed by atoms with van der Waals surface area (Å²) in [7, 11) is 0. The molecule has 2 aliphatic heterocycles. The van der Waals surface area contributed by atoms with Crippen molar-refractivity contribution in [3.8, 4) is 5.82 Å². The van der Waals surface area contributed by atoms with E-state index in [1.165, 1.54) is 12.8 Å². The van der Waals surface area contributed by atoms with Crippen molar-refractivity contribution in [1.29, 1.82) is 0 Å². The van der Waals surface area contributed by atoms with E-state index in [9.17, 15) is 4.79 Å². The molecular formula is C18H22N6O2. The fraction of sp³-hybridized carbons (Fsp3) is 0.556. The number of hydrogen-bond acceptors (Lipinski definition) is 6. The molecule has 0 aromatic carbocycles. The van der Waals surface area contributed by atoms with E-state index >= 15 is 0 Å². The van der Waals surface area contributed by atoms with Crippen molar-refractivity contribution >= 4 is 5.91 Å². The lowest BCUT2D eigenvalue weighted by molar-refractivity contribution is -0.0816. The molecule has 0 spiro atoms. The molecular weight excluding hydrogens is 332 g/mol. The van der Waals surface area contributed by atoms with Crippen molar-refractivity contribution in [3.05, 3.63) is 36.5 Å². The third-order valence-corrected chi connectivity index (χ3v) is 5.68. The van der Waals surface area contributed by atoms with E-state index < -0.39 is 0 Å². The van der Waals surface area contributed by atoms with Gasteiger partial charge in [-0.25, -0.2) is 4.98 Å². The van der Waals surface area contributed by atoms with Gasteiger partial charge in [0, 0.05) is 37.4 Å². The molecule has 8 nitrogen and oxygen atoms in total. The largest absolute Gasteiger partial charge is 0.378 e. The average Bonchev–Trinajstić information content (AvgIpc) is 3.39. The van der Waals surface area contributed by atoms with E-state index in [0.717, 1.165) is 38.8 Å². The summed E-state index contributed by atoms with van der Waals surface area (Å²) < 4.78 is 7.55. The first-order valence-corrected chi connectivity index (χ1v) is 9.23. The van der Waals surface area contributed by atoms with Gasteiger partial charge < -0.3 is 9.64 Å². The van der Waals surface area contributed by atoms with Crippen molar-refractivity contribution in [3.63, 3.8) is 0 Å². The number of pyridine rings is 1. The van der Waals surface area contributed by atoms with E-state index in [4.69, 9.17) is 4.74 Å². The third-order valence-electron chi connectivity index (χ3n) is 5.68. The first-order chi connectivity index (χ1) is 12.8. The molecule has 0 bridgehead atoms. The molecule has 2 atom stereocenters. The van der Waals surface area contributed by atoms with Gasteiger partial charge in [0.25, 0.3) is 5.91 Å². The molecule has 2 saturated heterocycles. The molecule has 136 valence electrons. The summed E-state index contributed by atoms with van der Waals surface area (Å²) in [5, 5.41) is 7.59. The van der Waals surface area contributed by atoms with E-state index in [0.29, 0.717) is 23.5 Å². The monoisotopic (exact) mass is 354 g/mol. The van der Waals surface area contributed by atoms with Crippen LogP contribution in [0.3, 0.4) is 0 Å². The molecule has 1 aliphatic carbocycles. The Morgan fingerprint density at radius 2 is 2.00 bits per heavy atom. The number of amides is 1. The van der Waals surface area contributed by atoms with Crippen LogP contribution in [0.2, 0.25) is 0 Å². The van der Waals surface area contributed by atoms with Crippen molar-refractivity contribution in [2.75, 3.05) is 32.8 Å². The van der Waals surface area contributed by atoms with Gasteiger partial charge in [-0.15, -0.1) is 10.2 Å². The minimum atomic E-state index is 0.0509. The average molecular weight is 354 g/mol. The zero-order valence-corrected chi connectivity index (χ0v) is 14.6. The molecule has 0 radical (unpaired) electrons. The lowest BCUT2D eigenvalue weighted by Crippen LogP contribution is -2.63. The smallest absolute Gasteiger partial charge is 0.254 e. The molecule has 1 saturated carbocycles. The molecule has 0 unspecified atom stereocenters. The van der Waals surface area contributed by atoms with Gasteiger partial charge in [-0.3, -0.25) is 14.3 Å². The Morgan fingerprint density at radius 1 is 1.15 bits per heavy atom. The van der Waals surface area contributed by atoms with Gasteiger partial charge >= 0.3 is 0 Å². The molecule has 1 amide bonds. The predicted molar refractivity (Wildman–Crippen MR) is 92.9 cm³/mol. The highest BCUT2D eigenvalue weighted by atomic mass is 16.5. The summed E-state index contributed by atoms with van der Waals surface area (Å²) in [6.07, 6.45) is 7.46. The molecule has 8 heteroatoms. The second kappa shape index (κ2) is 6.44. The number of piperazine rings is 1. The van der Waals surface area contributed by atoms with Crippen LogP contribution in [-0.2, 0) is 4.74 Å².